The van der Waals surface area contributed by atoms with Crippen molar-refractivity contribution in [1.82, 2.24) is 10.6 Å². The lowest BCUT2D eigenvalue weighted by Gasteiger charge is -2.32. The van der Waals surface area contributed by atoms with E-state index < -0.39 is 29.8 Å². The van der Waals surface area contributed by atoms with Crippen molar-refractivity contribution in [2.45, 2.75) is 111 Å². The van der Waals surface area contributed by atoms with E-state index in [0.717, 1.165) is 31.2 Å². The van der Waals surface area contributed by atoms with Crippen molar-refractivity contribution in [3.8, 4) is 11.5 Å². The molecule has 0 heterocycles. The van der Waals surface area contributed by atoms with Crippen LogP contribution in [0.15, 0.2) is 18.2 Å². The first-order valence-corrected chi connectivity index (χ1v) is 15.5. The molecule has 9 heteroatoms. The molecule has 0 bridgehead atoms. The number of unbranched alkanes of at least 4 members (excludes halogenated alkanes) is 2. The lowest BCUT2D eigenvalue weighted by molar-refractivity contribution is -0.125. The lowest BCUT2D eigenvalue weighted by atomic mass is 9.82. The number of hydrogen-bond donors (Lipinski definition) is 3. The Balaban J connectivity index is 3.09. The first-order chi connectivity index (χ1) is 19.8. The zero-order valence-corrected chi connectivity index (χ0v) is 27.6. The van der Waals surface area contributed by atoms with Gasteiger partial charge in [0.25, 0.3) is 0 Å². The van der Waals surface area contributed by atoms with Crippen molar-refractivity contribution in [3.63, 3.8) is 0 Å². The molecule has 0 aliphatic heterocycles. The van der Waals surface area contributed by atoms with Crippen LogP contribution in [0.1, 0.15) is 92.6 Å². The largest absolute Gasteiger partial charge is 0.493 e. The van der Waals surface area contributed by atoms with Crippen LogP contribution in [-0.4, -0.2) is 68.8 Å². The molecule has 9 nitrogen and oxygen atoms in total. The predicted molar refractivity (Wildman–Crippen MR) is 167 cm³/mol. The van der Waals surface area contributed by atoms with E-state index in [1.807, 2.05) is 25.1 Å². The van der Waals surface area contributed by atoms with Crippen LogP contribution in [0.3, 0.4) is 0 Å². The molecule has 1 aromatic carbocycles. The minimum absolute atomic E-state index is 0.0908. The van der Waals surface area contributed by atoms with Gasteiger partial charge in [0.15, 0.2) is 11.5 Å². The summed E-state index contributed by atoms with van der Waals surface area (Å²) in [4.78, 5) is 25.4. The second kappa shape index (κ2) is 19.6. The van der Waals surface area contributed by atoms with Crippen LogP contribution >= 0.6 is 0 Å². The van der Waals surface area contributed by atoms with E-state index in [1.54, 1.807) is 35.0 Å². The molecule has 1 rings (SSSR count). The average Bonchev–Trinajstić information content (AvgIpc) is 2.91. The SMILES string of the molecule is CCCCNC(=O)[C@H](C)C[C@H](O)[C@H](C[C@H](Cc1ccc(OC)c(OCCCCOC)c1)C(C)C)NC(=O)OC(C)(C)C. The Kier molecular flexibility index (Phi) is 17.5. The highest BCUT2D eigenvalue weighted by Gasteiger charge is 2.31. The number of aliphatic hydroxyl groups is 1. The monoisotopic (exact) mass is 594 g/mol. The van der Waals surface area contributed by atoms with Crippen molar-refractivity contribution >= 4 is 12.0 Å². The molecule has 0 saturated carbocycles. The van der Waals surface area contributed by atoms with Gasteiger partial charge in [0, 0.05) is 26.2 Å². The average molecular weight is 595 g/mol. The van der Waals surface area contributed by atoms with E-state index in [4.69, 9.17) is 18.9 Å². The summed E-state index contributed by atoms with van der Waals surface area (Å²) in [6, 6.07) is 5.37. The smallest absolute Gasteiger partial charge is 0.407 e. The van der Waals surface area contributed by atoms with Gasteiger partial charge in [-0.1, -0.05) is 40.2 Å². The van der Waals surface area contributed by atoms with Crippen LogP contribution < -0.4 is 20.1 Å². The molecular weight excluding hydrogens is 536 g/mol. The maximum absolute atomic E-state index is 12.8. The molecule has 0 aromatic heterocycles. The first-order valence-electron chi connectivity index (χ1n) is 15.5. The summed E-state index contributed by atoms with van der Waals surface area (Å²) in [5.41, 5.74) is 0.405. The Hall–Kier alpha value is -2.52. The fourth-order valence-electron chi connectivity index (χ4n) is 4.68. The molecule has 0 spiro atoms. The topological polar surface area (TPSA) is 115 Å². The van der Waals surface area contributed by atoms with Gasteiger partial charge in [-0.15, -0.1) is 0 Å². The number of carbonyl (C=O) groups is 2. The van der Waals surface area contributed by atoms with Crippen LogP contribution in [0.5, 0.6) is 11.5 Å². The van der Waals surface area contributed by atoms with E-state index in [0.29, 0.717) is 44.1 Å². The van der Waals surface area contributed by atoms with Crippen molar-refractivity contribution < 1.29 is 33.6 Å². The molecule has 0 aliphatic carbocycles. The van der Waals surface area contributed by atoms with Gasteiger partial charge in [0.05, 0.1) is 25.9 Å². The van der Waals surface area contributed by atoms with Crippen LogP contribution in [0, 0.1) is 17.8 Å². The second-order valence-corrected chi connectivity index (χ2v) is 12.6. The molecule has 0 saturated heterocycles. The zero-order chi connectivity index (χ0) is 31.7. The van der Waals surface area contributed by atoms with Crippen molar-refractivity contribution in [2.24, 2.45) is 17.8 Å². The van der Waals surface area contributed by atoms with Gasteiger partial charge in [0.2, 0.25) is 5.91 Å². The van der Waals surface area contributed by atoms with Crippen molar-refractivity contribution in [2.75, 3.05) is 34.0 Å². The van der Waals surface area contributed by atoms with E-state index in [9.17, 15) is 14.7 Å². The van der Waals surface area contributed by atoms with Crippen molar-refractivity contribution in [1.29, 1.82) is 0 Å². The normalized spacial score (nSPS) is 14.5. The molecule has 3 N–H and O–H groups in total. The molecule has 0 fully saturated rings. The Morgan fingerprint density at radius 2 is 1.67 bits per heavy atom. The maximum atomic E-state index is 12.8. The number of ether oxygens (including phenoxy) is 4. The Morgan fingerprint density at radius 3 is 2.26 bits per heavy atom. The number of hydrogen-bond acceptors (Lipinski definition) is 7. The Morgan fingerprint density at radius 1 is 0.976 bits per heavy atom. The van der Waals surface area contributed by atoms with Gasteiger partial charge >= 0.3 is 6.09 Å². The molecular formula is C33H58N2O7. The summed E-state index contributed by atoms with van der Waals surface area (Å²) in [6.07, 6.45) is 3.65. The molecule has 4 atom stereocenters. The van der Waals surface area contributed by atoms with Gasteiger partial charge in [-0.05, 0) is 88.8 Å². The third-order valence-electron chi connectivity index (χ3n) is 7.26. The summed E-state index contributed by atoms with van der Waals surface area (Å²) in [5, 5.41) is 17.2. The molecule has 0 unspecified atom stereocenters. The Labute approximate surface area is 254 Å². The first kappa shape index (κ1) is 37.5. The summed E-state index contributed by atoms with van der Waals surface area (Å²) in [7, 11) is 3.32. The van der Waals surface area contributed by atoms with E-state index in [1.165, 1.54) is 0 Å². The van der Waals surface area contributed by atoms with Crippen molar-refractivity contribution in [3.05, 3.63) is 23.8 Å². The third kappa shape index (κ3) is 15.1. The lowest BCUT2D eigenvalue weighted by Crippen LogP contribution is -2.48. The van der Waals surface area contributed by atoms with Gasteiger partial charge < -0.3 is 34.7 Å². The summed E-state index contributed by atoms with van der Waals surface area (Å²) >= 11 is 0. The highest BCUT2D eigenvalue weighted by Crippen LogP contribution is 2.32. The van der Waals surface area contributed by atoms with Gasteiger partial charge in [-0.25, -0.2) is 4.79 Å². The number of rotatable bonds is 20. The van der Waals surface area contributed by atoms with E-state index in [2.05, 4.69) is 31.4 Å². The highest BCUT2D eigenvalue weighted by atomic mass is 16.6. The fourth-order valence-corrected chi connectivity index (χ4v) is 4.68. The molecule has 242 valence electrons. The number of nitrogens with one attached hydrogen (secondary N) is 2. The van der Waals surface area contributed by atoms with Crippen LogP contribution in [0.2, 0.25) is 0 Å². The zero-order valence-electron chi connectivity index (χ0n) is 27.6. The number of benzene rings is 1. The number of carbonyl (C=O) groups excluding carboxylic acids is 2. The Bertz CT molecular complexity index is 916. The minimum Gasteiger partial charge on any atom is -0.493 e. The summed E-state index contributed by atoms with van der Waals surface area (Å²) in [6.45, 7) is 15.5. The molecule has 2 amide bonds. The minimum atomic E-state index is -0.924. The summed E-state index contributed by atoms with van der Waals surface area (Å²) in [5.74, 6) is 1.26. The van der Waals surface area contributed by atoms with Gasteiger partial charge in [0.1, 0.15) is 5.60 Å². The molecule has 1 aromatic rings. The van der Waals surface area contributed by atoms with Gasteiger partial charge in [-0.3, -0.25) is 4.79 Å². The second-order valence-electron chi connectivity index (χ2n) is 12.6. The fraction of sp³-hybridized carbons (Fsp3) is 0.758. The third-order valence-corrected chi connectivity index (χ3v) is 7.26. The molecule has 42 heavy (non-hydrogen) atoms. The molecule has 0 aliphatic rings. The molecule has 0 radical (unpaired) electrons. The number of alkyl carbamates (subject to hydrolysis) is 1. The summed E-state index contributed by atoms with van der Waals surface area (Å²) < 4.78 is 22.2. The van der Waals surface area contributed by atoms with Crippen LogP contribution in [0.4, 0.5) is 4.79 Å². The number of aliphatic hydroxyl groups excluding tert-OH is 1. The maximum Gasteiger partial charge on any atom is 0.407 e. The number of amides is 2. The van der Waals surface area contributed by atoms with Crippen LogP contribution in [0.25, 0.3) is 0 Å². The van der Waals surface area contributed by atoms with Crippen LogP contribution in [-0.2, 0) is 20.7 Å². The predicted octanol–water partition coefficient (Wildman–Crippen LogP) is 5.90. The quantitative estimate of drug-likeness (QED) is 0.161. The standard InChI is InChI=1S/C33H58N2O7/c1-10-11-16-34-31(37)24(4)19-28(36)27(35-32(38)42-33(5,6)7)22-26(23(2)3)20-25-14-15-29(40-9)30(21-25)41-18-13-12-17-39-8/h14-15,21,23-24,26-28,36H,10-13,16-20,22H2,1-9H3,(H,34,37)(H,35,38)/t24-,26+,27+,28+/m1/s1. The van der Waals surface area contributed by atoms with E-state index >= 15 is 0 Å². The van der Waals surface area contributed by atoms with Gasteiger partial charge in [-0.2, -0.15) is 0 Å². The number of methoxy groups -OCH3 is 2. The highest BCUT2D eigenvalue weighted by molar-refractivity contribution is 5.78. The van der Waals surface area contributed by atoms with E-state index in [-0.39, 0.29) is 24.2 Å².